The molecule has 6 heteroatoms. The summed E-state index contributed by atoms with van der Waals surface area (Å²) in [6.07, 6.45) is 0. The van der Waals surface area contributed by atoms with E-state index in [0.717, 1.165) is 49.4 Å². The highest BCUT2D eigenvalue weighted by Gasteiger charge is 2.22. The molecule has 1 saturated heterocycles. The topological polar surface area (TPSA) is 67.4 Å². The van der Waals surface area contributed by atoms with Crippen molar-refractivity contribution in [3.05, 3.63) is 64.0 Å². The minimum absolute atomic E-state index is 0.147. The van der Waals surface area contributed by atoms with Crippen LogP contribution in [-0.2, 0) is 6.54 Å². The maximum absolute atomic E-state index is 12.0. The molecule has 0 amide bonds. The van der Waals surface area contributed by atoms with Crippen LogP contribution in [0.15, 0.2) is 51.7 Å². The van der Waals surface area contributed by atoms with E-state index in [2.05, 4.69) is 17.0 Å². The third-order valence-electron chi connectivity index (χ3n) is 5.57. The summed E-state index contributed by atoms with van der Waals surface area (Å²) >= 11 is 0. The van der Waals surface area contributed by atoms with Gasteiger partial charge in [-0.25, -0.2) is 4.79 Å². The highest BCUT2D eigenvalue weighted by atomic mass is 16.5. The Balaban J connectivity index is 1.49. The van der Waals surface area contributed by atoms with Gasteiger partial charge in [-0.2, -0.15) is 0 Å². The number of anilines is 1. The standard InChI is InChI=1S/C22H24N2O4/c1-15-20(25)8-7-19-16(13-21(26)28-22(15)19)14-23-9-11-24(12-10-23)17-3-5-18(27-2)6-4-17/h3-8,13,25H,9-12,14H2,1-2H3/p+1. The normalized spacial score (nSPS) is 15.1. The molecule has 1 fully saturated rings. The lowest BCUT2D eigenvalue weighted by Gasteiger charge is -2.33. The zero-order valence-electron chi connectivity index (χ0n) is 16.2. The van der Waals surface area contributed by atoms with Gasteiger partial charge >= 0.3 is 5.63 Å². The van der Waals surface area contributed by atoms with Crippen molar-refractivity contribution in [2.24, 2.45) is 0 Å². The Bertz CT molecular complexity index is 1030. The van der Waals surface area contributed by atoms with E-state index in [1.165, 1.54) is 10.6 Å². The molecule has 4 rings (SSSR count). The zero-order valence-corrected chi connectivity index (χ0v) is 16.2. The number of quaternary nitrogens is 1. The maximum Gasteiger partial charge on any atom is 0.336 e. The van der Waals surface area contributed by atoms with Gasteiger partial charge in [-0.05, 0) is 43.3 Å². The van der Waals surface area contributed by atoms with Gasteiger partial charge < -0.3 is 24.1 Å². The summed E-state index contributed by atoms with van der Waals surface area (Å²) < 4.78 is 10.6. The van der Waals surface area contributed by atoms with E-state index in [1.807, 2.05) is 18.2 Å². The number of nitrogens with zero attached hydrogens (tertiary/aromatic N) is 1. The number of fused-ring (bicyclic) bond motifs is 1. The third kappa shape index (κ3) is 3.55. The molecule has 146 valence electrons. The molecule has 1 aromatic heterocycles. The van der Waals surface area contributed by atoms with Crippen LogP contribution in [0.4, 0.5) is 5.69 Å². The molecule has 1 aliphatic heterocycles. The molecule has 6 nitrogen and oxygen atoms in total. The monoisotopic (exact) mass is 381 g/mol. The molecular weight excluding hydrogens is 356 g/mol. The molecule has 2 aromatic carbocycles. The molecule has 0 aliphatic carbocycles. The first kappa shape index (κ1) is 18.4. The number of ether oxygens (including phenoxy) is 1. The Hall–Kier alpha value is -2.99. The Kier molecular flexibility index (Phi) is 4.96. The fourth-order valence-electron chi connectivity index (χ4n) is 3.88. The molecular formula is C22H25N2O4+. The number of piperazine rings is 1. The number of aryl methyl sites for hydroxylation is 1. The average Bonchev–Trinajstić information content (AvgIpc) is 2.72. The molecule has 3 aromatic rings. The van der Waals surface area contributed by atoms with Crippen molar-refractivity contribution in [2.75, 3.05) is 38.2 Å². The average molecular weight is 381 g/mol. The largest absolute Gasteiger partial charge is 0.508 e. The zero-order chi connectivity index (χ0) is 19.7. The van der Waals surface area contributed by atoms with E-state index >= 15 is 0 Å². The lowest BCUT2D eigenvalue weighted by atomic mass is 10.1. The van der Waals surface area contributed by atoms with Crippen molar-refractivity contribution >= 4 is 16.7 Å². The maximum atomic E-state index is 12.0. The molecule has 0 saturated carbocycles. The highest BCUT2D eigenvalue weighted by Crippen LogP contribution is 2.27. The molecule has 2 N–H and O–H groups in total. The van der Waals surface area contributed by atoms with Gasteiger partial charge in [0.1, 0.15) is 23.6 Å². The lowest BCUT2D eigenvalue weighted by molar-refractivity contribution is -0.914. The Morgan fingerprint density at radius 2 is 1.86 bits per heavy atom. The smallest absolute Gasteiger partial charge is 0.336 e. The van der Waals surface area contributed by atoms with Gasteiger partial charge in [0.2, 0.25) is 0 Å². The molecule has 2 heterocycles. The Morgan fingerprint density at radius 1 is 1.14 bits per heavy atom. The van der Waals surface area contributed by atoms with Crippen molar-refractivity contribution in [2.45, 2.75) is 13.5 Å². The predicted octanol–water partition coefficient (Wildman–Crippen LogP) is 1.72. The Labute approximate surface area is 163 Å². The molecule has 28 heavy (non-hydrogen) atoms. The Morgan fingerprint density at radius 3 is 2.54 bits per heavy atom. The van der Waals surface area contributed by atoms with Crippen LogP contribution in [0, 0.1) is 6.92 Å². The molecule has 1 aliphatic rings. The third-order valence-corrected chi connectivity index (χ3v) is 5.57. The lowest BCUT2D eigenvalue weighted by Crippen LogP contribution is -3.13. The number of phenolic OH excluding ortho intramolecular Hbond substituents is 1. The number of hydrogen-bond donors (Lipinski definition) is 2. The molecule has 0 radical (unpaired) electrons. The highest BCUT2D eigenvalue weighted by molar-refractivity contribution is 5.84. The first-order valence-corrected chi connectivity index (χ1v) is 9.53. The van der Waals surface area contributed by atoms with Crippen LogP contribution in [0.25, 0.3) is 11.0 Å². The van der Waals surface area contributed by atoms with E-state index in [4.69, 9.17) is 9.15 Å². The second-order valence-electron chi connectivity index (χ2n) is 7.29. The number of aromatic hydroxyl groups is 1. The SMILES string of the molecule is COc1ccc(N2CC[NH+](Cc3cc(=O)oc4c(C)c(O)ccc34)CC2)cc1. The fourth-order valence-corrected chi connectivity index (χ4v) is 3.88. The number of benzene rings is 2. The summed E-state index contributed by atoms with van der Waals surface area (Å²) in [6, 6.07) is 13.2. The number of phenols is 1. The number of nitrogens with one attached hydrogen (secondary N) is 1. The number of rotatable bonds is 4. The second-order valence-corrected chi connectivity index (χ2v) is 7.29. The van der Waals surface area contributed by atoms with Gasteiger partial charge in [-0.1, -0.05) is 0 Å². The van der Waals surface area contributed by atoms with Crippen molar-refractivity contribution in [1.82, 2.24) is 0 Å². The quantitative estimate of drug-likeness (QED) is 0.674. The van der Waals surface area contributed by atoms with Gasteiger partial charge in [0.25, 0.3) is 0 Å². The van der Waals surface area contributed by atoms with Gasteiger partial charge in [-0.15, -0.1) is 0 Å². The van der Waals surface area contributed by atoms with Crippen LogP contribution >= 0.6 is 0 Å². The predicted molar refractivity (Wildman–Crippen MR) is 108 cm³/mol. The van der Waals surface area contributed by atoms with Crippen molar-refractivity contribution in [1.29, 1.82) is 0 Å². The van der Waals surface area contributed by atoms with Crippen LogP contribution in [0.1, 0.15) is 11.1 Å². The van der Waals surface area contributed by atoms with E-state index in [1.54, 1.807) is 26.2 Å². The summed E-state index contributed by atoms with van der Waals surface area (Å²) in [7, 11) is 1.67. The molecule has 0 atom stereocenters. The van der Waals surface area contributed by atoms with E-state index < -0.39 is 0 Å². The van der Waals surface area contributed by atoms with Gasteiger partial charge in [0.05, 0.1) is 33.3 Å². The van der Waals surface area contributed by atoms with Crippen molar-refractivity contribution in [3.8, 4) is 11.5 Å². The molecule has 0 bridgehead atoms. The van der Waals surface area contributed by atoms with Crippen LogP contribution in [-0.4, -0.2) is 38.4 Å². The molecule has 0 spiro atoms. The number of hydrogen-bond acceptors (Lipinski definition) is 5. The molecule has 0 unspecified atom stereocenters. The van der Waals surface area contributed by atoms with E-state index in [0.29, 0.717) is 11.1 Å². The summed E-state index contributed by atoms with van der Waals surface area (Å²) in [5.41, 5.74) is 2.90. The van der Waals surface area contributed by atoms with Gasteiger partial charge in [0.15, 0.2) is 0 Å². The van der Waals surface area contributed by atoms with E-state index in [-0.39, 0.29) is 11.4 Å². The summed E-state index contributed by atoms with van der Waals surface area (Å²) in [5, 5.41) is 10.8. The minimum Gasteiger partial charge on any atom is -0.508 e. The van der Waals surface area contributed by atoms with E-state index in [9.17, 15) is 9.90 Å². The fraction of sp³-hybridized carbons (Fsp3) is 0.318. The number of methoxy groups -OCH3 is 1. The summed E-state index contributed by atoms with van der Waals surface area (Å²) in [6.45, 7) is 6.44. The van der Waals surface area contributed by atoms with Crippen LogP contribution < -0.4 is 20.2 Å². The second kappa shape index (κ2) is 7.56. The van der Waals surface area contributed by atoms with Gasteiger partial charge in [0, 0.05) is 28.3 Å². The first-order chi connectivity index (χ1) is 13.5. The summed E-state index contributed by atoms with van der Waals surface area (Å²) in [5.74, 6) is 1.01. The summed E-state index contributed by atoms with van der Waals surface area (Å²) in [4.78, 5) is 15.8. The van der Waals surface area contributed by atoms with Crippen molar-refractivity contribution < 1.29 is 19.2 Å². The van der Waals surface area contributed by atoms with Crippen LogP contribution in [0.3, 0.4) is 0 Å². The minimum atomic E-state index is -0.368. The van der Waals surface area contributed by atoms with Crippen molar-refractivity contribution in [3.63, 3.8) is 0 Å². The van der Waals surface area contributed by atoms with Crippen LogP contribution in [0.2, 0.25) is 0 Å². The first-order valence-electron chi connectivity index (χ1n) is 9.53. The van der Waals surface area contributed by atoms with Gasteiger partial charge in [-0.3, -0.25) is 0 Å². The van der Waals surface area contributed by atoms with Crippen LogP contribution in [0.5, 0.6) is 11.5 Å².